The van der Waals surface area contributed by atoms with E-state index in [1.807, 2.05) is 0 Å². The minimum Gasteiger partial charge on any atom is -0.444 e. The van der Waals surface area contributed by atoms with E-state index in [1.54, 1.807) is 41.5 Å². The Morgan fingerprint density at radius 1 is 1.06 bits per heavy atom. The SMILES string of the molecule is CC(C)(C)OC(=O)N1CCN2c3cc(Cl)nnc3N(C(=O)OC(C)(C)C)C(=O)C2(C(F)F)C1. The Kier molecular flexibility index (Phi) is 6.20. The van der Waals surface area contributed by atoms with Crippen molar-refractivity contribution in [2.24, 2.45) is 0 Å². The maximum Gasteiger partial charge on any atom is 0.423 e. The van der Waals surface area contributed by atoms with Crippen molar-refractivity contribution in [3.63, 3.8) is 0 Å². The monoisotopic (exact) mass is 489 g/mol. The smallest absolute Gasteiger partial charge is 0.423 e. The minimum absolute atomic E-state index is 0.00426. The summed E-state index contributed by atoms with van der Waals surface area (Å²) in [4.78, 5) is 41.7. The summed E-state index contributed by atoms with van der Waals surface area (Å²) in [7, 11) is 0. The van der Waals surface area contributed by atoms with Crippen molar-refractivity contribution >= 4 is 41.2 Å². The van der Waals surface area contributed by atoms with Gasteiger partial charge in [-0.1, -0.05) is 11.6 Å². The van der Waals surface area contributed by atoms with E-state index < -0.39 is 47.8 Å². The highest BCUT2D eigenvalue weighted by atomic mass is 35.5. The van der Waals surface area contributed by atoms with E-state index in [0.29, 0.717) is 4.90 Å². The Morgan fingerprint density at radius 3 is 2.18 bits per heavy atom. The third-order valence-corrected chi connectivity index (χ3v) is 5.08. The Labute approximate surface area is 194 Å². The number of amides is 3. The van der Waals surface area contributed by atoms with Crippen LogP contribution in [0.15, 0.2) is 6.07 Å². The maximum absolute atomic E-state index is 14.8. The third-order valence-electron chi connectivity index (χ3n) is 4.90. The highest BCUT2D eigenvalue weighted by Gasteiger charge is 2.63. The zero-order valence-electron chi connectivity index (χ0n) is 19.2. The van der Waals surface area contributed by atoms with Crippen molar-refractivity contribution in [1.29, 1.82) is 0 Å². The topological polar surface area (TPSA) is 105 Å². The molecule has 0 bridgehead atoms. The molecule has 1 aromatic rings. The number of piperazine rings is 1. The molecule has 0 saturated carbocycles. The van der Waals surface area contributed by atoms with Gasteiger partial charge in [0.1, 0.15) is 11.2 Å². The molecular formula is C20H26ClF2N5O5. The molecule has 3 amide bonds. The van der Waals surface area contributed by atoms with Crippen molar-refractivity contribution in [3.8, 4) is 0 Å². The van der Waals surface area contributed by atoms with Crippen LogP contribution in [0.2, 0.25) is 5.15 Å². The number of imide groups is 1. The van der Waals surface area contributed by atoms with E-state index in [1.165, 1.54) is 6.07 Å². The number of halogens is 3. The van der Waals surface area contributed by atoms with Gasteiger partial charge in [-0.3, -0.25) is 4.79 Å². The molecule has 0 radical (unpaired) electrons. The largest absolute Gasteiger partial charge is 0.444 e. The van der Waals surface area contributed by atoms with Crippen molar-refractivity contribution in [1.82, 2.24) is 15.1 Å². The van der Waals surface area contributed by atoms with Gasteiger partial charge in [0.15, 0.2) is 16.5 Å². The van der Waals surface area contributed by atoms with Crippen molar-refractivity contribution in [2.45, 2.75) is 64.7 Å². The molecule has 3 rings (SSSR count). The number of hydrogen-bond donors (Lipinski definition) is 0. The van der Waals surface area contributed by atoms with Crippen LogP contribution >= 0.6 is 11.6 Å². The molecule has 1 fully saturated rings. The van der Waals surface area contributed by atoms with E-state index in [9.17, 15) is 23.2 Å². The molecule has 10 nitrogen and oxygen atoms in total. The Bertz CT molecular complexity index is 981. The van der Waals surface area contributed by atoms with Gasteiger partial charge in [0.25, 0.3) is 12.3 Å². The maximum atomic E-state index is 14.8. The quantitative estimate of drug-likeness (QED) is 0.590. The molecule has 0 aliphatic carbocycles. The van der Waals surface area contributed by atoms with Gasteiger partial charge >= 0.3 is 12.2 Å². The normalized spacial score (nSPS) is 21.0. The molecule has 1 saturated heterocycles. The summed E-state index contributed by atoms with van der Waals surface area (Å²) >= 11 is 5.96. The second kappa shape index (κ2) is 8.23. The number of hydrogen-bond acceptors (Lipinski definition) is 8. The summed E-state index contributed by atoms with van der Waals surface area (Å²) in [6.45, 7) is 8.70. The minimum atomic E-state index is -3.29. The van der Waals surface area contributed by atoms with Gasteiger partial charge in [0.2, 0.25) is 0 Å². The first-order valence-corrected chi connectivity index (χ1v) is 10.6. The number of nitrogens with zero attached hydrogens (tertiary/aromatic N) is 5. The molecule has 2 aliphatic rings. The van der Waals surface area contributed by atoms with Gasteiger partial charge < -0.3 is 19.3 Å². The second-order valence-electron chi connectivity index (χ2n) is 9.78. The fraction of sp³-hybridized carbons (Fsp3) is 0.650. The first-order valence-electron chi connectivity index (χ1n) is 10.2. The van der Waals surface area contributed by atoms with Crippen LogP contribution < -0.4 is 9.80 Å². The Balaban J connectivity index is 2.12. The molecule has 2 aliphatic heterocycles. The zero-order chi connectivity index (χ0) is 24.9. The van der Waals surface area contributed by atoms with E-state index in [-0.39, 0.29) is 29.7 Å². The molecule has 0 N–H and O–H groups in total. The van der Waals surface area contributed by atoms with Crippen molar-refractivity contribution in [2.75, 3.05) is 29.4 Å². The predicted octanol–water partition coefficient (Wildman–Crippen LogP) is 3.47. The van der Waals surface area contributed by atoms with E-state index in [4.69, 9.17) is 21.1 Å². The summed E-state index contributed by atoms with van der Waals surface area (Å²) in [6, 6.07) is 1.24. The summed E-state index contributed by atoms with van der Waals surface area (Å²) in [5.41, 5.74) is -4.49. The van der Waals surface area contributed by atoms with Gasteiger partial charge in [0.05, 0.1) is 12.2 Å². The first-order chi connectivity index (χ1) is 15.1. The van der Waals surface area contributed by atoms with Crippen LogP contribution in [-0.4, -0.2) is 76.0 Å². The number of carbonyl (C=O) groups is 3. The van der Waals surface area contributed by atoms with Gasteiger partial charge in [-0.25, -0.2) is 18.4 Å². The highest BCUT2D eigenvalue weighted by Crippen LogP contribution is 2.45. The molecule has 0 spiro atoms. The van der Waals surface area contributed by atoms with E-state index in [0.717, 1.165) is 9.80 Å². The van der Waals surface area contributed by atoms with Gasteiger partial charge in [-0.15, -0.1) is 10.2 Å². The number of ether oxygens (including phenoxy) is 2. The number of fused-ring (bicyclic) bond motifs is 3. The summed E-state index contributed by atoms with van der Waals surface area (Å²) < 4.78 is 40.1. The first kappa shape index (κ1) is 24.9. The number of anilines is 2. The van der Waals surface area contributed by atoms with E-state index in [2.05, 4.69) is 10.2 Å². The van der Waals surface area contributed by atoms with Gasteiger partial charge in [-0.2, -0.15) is 4.90 Å². The number of rotatable bonds is 1. The van der Waals surface area contributed by atoms with Crippen LogP contribution in [0.5, 0.6) is 0 Å². The second-order valence-corrected chi connectivity index (χ2v) is 10.2. The van der Waals surface area contributed by atoms with Gasteiger partial charge in [0, 0.05) is 19.2 Å². The molecular weight excluding hydrogens is 464 g/mol. The molecule has 33 heavy (non-hydrogen) atoms. The van der Waals surface area contributed by atoms with E-state index >= 15 is 0 Å². The molecule has 1 unspecified atom stereocenters. The fourth-order valence-corrected chi connectivity index (χ4v) is 3.77. The summed E-state index contributed by atoms with van der Waals surface area (Å²) in [6.07, 6.45) is -5.34. The lowest BCUT2D eigenvalue weighted by molar-refractivity contribution is -0.132. The number of alkyl halides is 2. The summed E-state index contributed by atoms with van der Waals surface area (Å²) in [5.74, 6) is -1.57. The summed E-state index contributed by atoms with van der Waals surface area (Å²) in [5, 5.41) is 7.36. The predicted molar refractivity (Wildman–Crippen MR) is 115 cm³/mol. The van der Waals surface area contributed by atoms with Crippen LogP contribution in [0.3, 0.4) is 0 Å². The van der Waals surface area contributed by atoms with Crippen LogP contribution in [-0.2, 0) is 14.3 Å². The van der Waals surface area contributed by atoms with Crippen molar-refractivity contribution in [3.05, 3.63) is 11.2 Å². The average Bonchev–Trinajstić information content (AvgIpc) is 2.65. The Morgan fingerprint density at radius 2 is 1.64 bits per heavy atom. The molecule has 182 valence electrons. The fourth-order valence-electron chi connectivity index (χ4n) is 3.63. The molecule has 1 aromatic heterocycles. The highest BCUT2D eigenvalue weighted by molar-refractivity contribution is 6.30. The lowest BCUT2D eigenvalue weighted by Gasteiger charge is -2.53. The molecule has 0 aromatic carbocycles. The lowest BCUT2D eigenvalue weighted by Crippen LogP contribution is -2.76. The third kappa shape index (κ3) is 4.66. The zero-order valence-corrected chi connectivity index (χ0v) is 19.9. The van der Waals surface area contributed by atoms with Crippen LogP contribution in [0.1, 0.15) is 41.5 Å². The molecule has 1 atom stereocenters. The lowest BCUT2D eigenvalue weighted by atomic mass is 9.89. The van der Waals surface area contributed by atoms with Crippen LogP contribution in [0, 0.1) is 0 Å². The average molecular weight is 490 g/mol. The molecule has 13 heteroatoms. The standard InChI is InChI=1S/C20H26ClF2N5O5/c1-18(2,3)32-16(30)26-7-8-27-11-9-12(21)24-25-13(11)28(17(31)33-19(4,5)6)15(29)20(27,10-26)14(22)23/h9,14H,7-8,10H2,1-6H3. The molecule has 3 heterocycles. The van der Waals surface area contributed by atoms with Crippen LogP contribution in [0.25, 0.3) is 0 Å². The number of aromatic nitrogens is 2. The Hall–Kier alpha value is -2.76. The van der Waals surface area contributed by atoms with Crippen molar-refractivity contribution < 1.29 is 32.6 Å². The van der Waals surface area contributed by atoms with Gasteiger partial charge in [-0.05, 0) is 41.5 Å². The van der Waals surface area contributed by atoms with Crippen LogP contribution in [0.4, 0.5) is 29.9 Å². The number of carbonyl (C=O) groups excluding carboxylic acids is 3.